The summed E-state index contributed by atoms with van der Waals surface area (Å²) in [5, 5.41) is 0. The molecule has 0 aliphatic heterocycles. The lowest BCUT2D eigenvalue weighted by atomic mass is 10.1. The number of hydrogen-bond donors (Lipinski definition) is 1. The minimum absolute atomic E-state index is 0.137. The summed E-state index contributed by atoms with van der Waals surface area (Å²) in [6.07, 6.45) is -4.31. The SMILES string of the molecule is C[C@H](N)c1ccc(OCC(F)(F)F)cc1. The monoisotopic (exact) mass is 219 g/mol. The van der Waals surface area contributed by atoms with Crippen molar-refractivity contribution in [1.29, 1.82) is 0 Å². The van der Waals surface area contributed by atoms with Crippen molar-refractivity contribution in [1.82, 2.24) is 0 Å². The summed E-state index contributed by atoms with van der Waals surface area (Å²) in [5.41, 5.74) is 6.44. The zero-order chi connectivity index (χ0) is 11.5. The Labute approximate surface area is 85.8 Å². The van der Waals surface area contributed by atoms with Crippen molar-refractivity contribution >= 4 is 0 Å². The Morgan fingerprint density at radius 1 is 1.27 bits per heavy atom. The Bertz CT molecular complexity index is 305. The molecule has 0 heterocycles. The van der Waals surface area contributed by atoms with Gasteiger partial charge in [0.05, 0.1) is 0 Å². The first-order valence-corrected chi connectivity index (χ1v) is 4.43. The van der Waals surface area contributed by atoms with Crippen molar-refractivity contribution in [3.05, 3.63) is 29.8 Å². The van der Waals surface area contributed by atoms with E-state index in [0.717, 1.165) is 5.56 Å². The third-order valence-corrected chi connectivity index (χ3v) is 1.81. The molecular weight excluding hydrogens is 207 g/mol. The second-order valence-corrected chi connectivity index (χ2v) is 3.26. The molecule has 0 aliphatic carbocycles. The lowest BCUT2D eigenvalue weighted by Gasteiger charge is -2.10. The van der Waals surface area contributed by atoms with Crippen LogP contribution >= 0.6 is 0 Å². The maximum absolute atomic E-state index is 11.8. The normalized spacial score (nSPS) is 13.7. The van der Waals surface area contributed by atoms with Crippen molar-refractivity contribution < 1.29 is 17.9 Å². The molecule has 0 fully saturated rings. The highest BCUT2D eigenvalue weighted by atomic mass is 19.4. The van der Waals surface area contributed by atoms with Crippen LogP contribution < -0.4 is 10.5 Å². The van der Waals surface area contributed by atoms with E-state index in [1.54, 1.807) is 19.1 Å². The molecule has 5 heteroatoms. The average Bonchev–Trinajstić information content (AvgIpc) is 2.14. The standard InChI is InChI=1S/C10H12F3NO/c1-7(14)8-2-4-9(5-3-8)15-6-10(11,12)13/h2-5,7H,6,14H2,1H3/t7-/m0/s1. The third kappa shape index (κ3) is 4.20. The highest BCUT2D eigenvalue weighted by Crippen LogP contribution is 2.20. The van der Waals surface area contributed by atoms with E-state index in [4.69, 9.17) is 5.73 Å². The highest BCUT2D eigenvalue weighted by Gasteiger charge is 2.28. The molecule has 1 atom stereocenters. The molecule has 0 amide bonds. The number of benzene rings is 1. The zero-order valence-electron chi connectivity index (χ0n) is 8.21. The molecule has 0 spiro atoms. The Morgan fingerprint density at radius 2 is 1.80 bits per heavy atom. The van der Waals surface area contributed by atoms with E-state index in [2.05, 4.69) is 4.74 Å². The Morgan fingerprint density at radius 3 is 2.20 bits per heavy atom. The predicted molar refractivity (Wildman–Crippen MR) is 50.6 cm³/mol. The molecular formula is C10H12F3NO. The summed E-state index contributed by atoms with van der Waals surface area (Å²) in [4.78, 5) is 0. The smallest absolute Gasteiger partial charge is 0.422 e. The number of rotatable bonds is 3. The number of hydrogen-bond acceptors (Lipinski definition) is 2. The fourth-order valence-electron chi connectivity index (χ4n) is 1.03. The van der Waals surface area contributed by atoms with E-state index in [1.165, 1.54) is 12.1 Å². The molecule has 0 radical (unpaired) electrons. The van der Waals surface area contributed by atoms with E-state index in [1.807, 2.05) is 0 Å². The van der Waals surface area contributed by atoms with Crippen LogP contribution in [0.25, 0.3) is 0 Å². The van der Waals surface area contributed by atoms with Crippen molar-refractivity contribution in [3.8, 4) is 5.75 Å². The van der Waals surface area contributed by atoms with Crippen molar-refractivity contribution in [3.63, 3.8) is 0 Å². The van der Waals surface area contributed by atoms with Gasteiger partial charge in [-0.2, -0.15) is 13.2 Å². The quantitative estimate of drug-likeness (QED) is 0.848. The topological polar surface area (TPSA) is 35.2 Å². The predicted octanol–water partition coefficient (Wildman–Crippen LogP) is 2.65. The molecule has 2 nitrogen and oxygen atoms in total. The van der Waals surface area contributed by atoms with Gasteiger partial charge in [-0.15, -0.1) is 0 Å². The van der Waals surface area contributed by atoms with Crippen LogP contribution in [0.5, 0.6) is 5.75 Å². The molecule has 1 aromatic rings. The minimum atomic E-state index is -4.31. The van der Waals surface area contributed by atoms with Crippen LogP contribution in [-0.2, 0) is 0 Å². The van der Waals surface area contributed by atoms with Crippen molar-refractivity contribution in [2.45, 2.75) is 19.1 Å². The van der Waals surface area contributed by atoms with Gasteiger partial charge in [0.15, 0.2) is 6.61 Å². The number of ether oxygens (including phenoxy) is 1. The van der Waals surface area contributed by atoms with Crippen LogP contribution in [0.15, 0.2) is 24.3 Å². The Balaban J connectivity index is 2.57. The van der Waals surface area contributed by atoms with Gasteiger partial charge in [0.25, 0.3) is 0 Å². The minimum Gasteiger partial charge on any atom is -0.484 e. The molecule has 0 aromatic heterocycles. The van der Waals surface area contributed by atoms with Gasteiger partial charge in [-0.3, -0.25) is 0 Å². The van der Waals surface area contributed by atoms with Gasteiger partial charge >= 0.3 is 6.18 Å². The summed E-state index contributed by atoms with van der Waals surface area (Å²) < 4.78 is 40.0. The second-order valence-electron chi connectivity index (χ2n) is 3.26. The van der Waals surface area contributed by atoms with E-state index < -0.39 is 12.8 Å². The molecule has 0 saturated heterocycles. The first-order valence-electron chi connectivity index (χ1n) is 4.43. The fourth-order valence-corrected chi connectivity index (χ4v) is 1.03. The van der Waals surface area contributed by atoms with E-state index >= 15 is 0 Å². The van der Waals surface area contributed by atoms with Crippen LogP contribution in [0, 0.1) is 0 Å². The lowest BCUT2D eigenvalue weighted by Crippen LogP contribution is -2.19. The first-order chi connectivity index (χ1) is 6.88. The number of alkyl halides is 3. The summed E-state index contributed by atoms with van der Waals surface area (Å²) in [6.45, 7) is 0.524. The molecule has 2 N–H and O–H groups in total. The summed E-state index contributed by atoms with van der Waals surface area (Å²) in [7, 11) is 0. The van der Waals surface area contributed by atoms with E-state index in [0.29, 0.717) is 0 Å². The van der Waals surface area contributed by atoms with Gasteiger partial charge in [-0.1, -0.05) is 12.1 Å². The Hall–Kier alpha value is -1.23. The largest absolute Gasteiger partial charge is 0.484 e. The van der Waals surface area contributed by atoms with Crippen LogP contribution in [0.3, 0.4) is 0 Å². The average molecular weight is 219 g/mol. The van der Waals surface area contributed by atoms with Gasteiger partial charge in [-0.25, -0.2) is 0 Å². The molecule has 15 heavy (non-hydrogen) atoms. The summed E-state index contributed by atoms with van der Waals surface area (Å²) >= 11 is 0. The molecule has 0 aliphatic rings. The van der Waals surface area contributed by atoms with Gasteiger partial charge in [0.1, 0.15) is 5.75 Å². The summed E-state index contributed by atoms with van der Waals surface area (Å²) in [6, 6.07) is 6.11. The second kappa shape index (κ2) is 4.53. The third-order valence-electron chi connectivity index (χ3n) is 1.81. The van der Waals surface area contributed by atoms with Crippen molar-refractivity contribution in [2.24, 2.45) is 5.73 Å². The van der Waals surface area contributed by atoms with Crippen LogP contribution in [0.1, 0.15) is 18.5 Å². The maximum atomic E-state index is 11.8. The molecule has 84 valence electrons. The van der Waals surface area contributed by atoms with Crippen molar-refractivity contribution in [2.75, 3.05) is 6.61 Å². The van der Waals surface area contributed by atoms with E-state index in [9.17, 15) is 13.2 Å². The van der Waals surface area contributed by atoms with Gasteiger partial charge < -0.3 is 10.5 Å². The summed E-state index contributed by atoms with van der Waals surface area (Å²) in [5.74, 6) is 0.191. The lowest BCUT2D eigenvalue weighted by molar-refractivity contribution is -0.153. The molecule has 0 saturated carbocycles. The Kier molecular flexibility index (Phi) is 3.57. The number of halogens is 3. The molecule has 1 aromatic carbocycles. The van der Waals surface area contributed by atoms with Gasteiger partial charge in [0, 0.05) is 6.04 Å². The fraction of sp³-hybridized carbons (Fsp3) is 0.400. The first kappa shape index (κ1) is 11.8. The maximum Gasteiger partial charge on any atom is 0.422 e. The van der Waals surface area contributed by atoms with Crippen LogP contribution in [-0.4, -0.2) is 12.8 Å². The van der Waals surface area contributed by atoms with Gasteiger partial charge in [-0.05, 0) is 24.6 Å². The number of nitrogens with two attached hydrogens (primary N) is 1. The van der Waals surface area contributed by atoms with E-state index in [-0.39, 0.29) is 11.8 Å². The van der Waals surface area contributed by atoms with Crippen LogP contribution in [0.2, 0.25) is 0 Å². The molecule has 0 unspecified atom stereocenters. The zero-order valence-corrected chi connectivity index (χ0v) is 8.21. The van der Waals surface area contributed by atoms with Crippen LogP contribution in [0.4, 0.5) is 13.2 Å². The molecule has 0 bridgehead atoms. The highest BCUT2D eigenvalue weighted by molar-refractivity contribution is 5.28. The molecule has 1 rings (SSSR count). The van der Waals surface area contributed by atoms with Gasteiger partial charge in [0.2, 0.25) is 0 Å².